The third-order valence-corrected chi connectivity index (χ3v) is 3.95. The zero-order valence-corrected chi connectivity index (χ0v) is 10.6. The van der Waals surface area contributed by atoms with Crippen molar-refractivity contribution in [3.8, 4) is 5.75 Å². The molecule has 4 N–H and O–H groups in total. The molecule has 0 aliphatic carbocycles. The predicted molar refractivity (Wildman–Crippen MR) is 67.0 cm³/mol. The first-order valence-corrected chi connectivity index (χ1v) is 6.38. The maximum atomic E-state index is 12.0. The van der Waals surface area contributed by atoms with E-state index in [1.54, 1.807) is 25.1 Å². The second kappa shape index (κ2) is 5.67. The maximum absolute atomic E-state index is 12.0. The second-order valence-electron chi connectivity index (χ2n) is 3.73. The Balaban J connectivity index is 2.92. The largest absolute Gasteiger partial charge is 0.495 e. The molecule has 0 radical (unpaired) electrons. The molecule has 0 bridgehead atoms. The van der Waals surface area contributed by atoms with Gasteiger partial charge in [0.15, 0.2) is 0 Å². The van der Waals surface area contributed by atoms with E-state index in [9.17, 15) is 9.00 Å². The van der Waals surface area contributed by atoms with Crippen LogP contribution in [0.15, 0.2) is 23.1 Å². The molecule has 6 heteroatoms. The van der Waals surface area contributed by atoms with Gasteiger partial charge in [0, 0.05) is 23.4 Å². The summed E-state index contributed by atoms with van der Waals surface area (Å²) < 4.78 is 17.1. The summed E-state index contributed by atoms with van der Waals surface area (Å²) in [4.78, 5) is 11.4. The van der Waals surface area contributed by atoms with Crippen molar-refractivity contribution in [2.45, 2.75) is 11.8 Å². The standard InChI is InChI=1S/C11H16N2O3S/c1-7(11(13)14)6-17(15)10-4-3-8(12)5-9(10)16-2/h3-5,7H,6,12H2,1-2H3,(H2,13,14). The molecule has 1 amide bonds. The van der Waals surface area contributed by atoms with E-state index in [-0.39, 0.29) is 5.75 Å². The predicted octanol–water partition coefficient (Wildman–Crippen LogP) is 0.506. The number of nitrogens with two attached hydrogens (primary N) is 2. The molecule has 17 heavy (non-hydrogen) atoms. The van der Waals surface area contributed by atoms with Gasteiger partial charge in [-0.05, 0) is 12.1 Å². The molecule has 1 aromatic carbocycles. The average Bonchev–Trinajstić information content (AvgIpc) is 2.28. The molecule has 0 heterocycles. The molecule has 0 fully saturated rings. The highest BCUT2D eigenvalue weighted by atomic mass is 32.2. The van der Waals surface area contributed by atoms with Gasteiger partial charge in [0.1, 0.15) is 5.75 Å². The fourth-order valence-corrected chi connectivity index (χ4v) is 2.66. The number of methoxy groups -OCH3 is 1. The molecule has 0 saturated heterocycles. The van der Waals surface area contributed by atoms with Crippen molar-refractivity contribution in [2.24, 2.45) is 11.7 Å². The van der Waals surface area contributed by atoms with Crippen LogP contribution in [0.4, 0.5) is 5.69 Å². The van der Waals surface area contributed by atoms with Gasteiger partial charge in [0.05, 0.1) is 22.8 Å². The lowest BCUT2D eigenvalue weighted by Crippen LogP contribution is -2.25. The van der Waals surface area contributed by atoms with E-state index in [1.165, 1.54) is 7.11 Å². The Morgan fingerprint density at radius 3 is 2.71 bits per heavy atom. The molecular weight excluding hydrogens is 240 g/mol. The molecule has 94 valence electrons. The third-order valence-electron chi connectivity index (χ3n) is 2.32. The fourth-order valence-electron chi connectivity index (χ4n) is 1.27. The van der Waals surface area contributed by atoms with Gasteiger partial charge in [-0.3, -0.25) is 9.00 Å². The number of nitrogen functional groups attached to an aromatic ring is 1. The molecule has 1 aromatic rings. The van der Waals surface area contributed by atoms with Gasteiger partial charge in [-0.25, -0.2) is 0 Å². The van der Waals surface area contributed by atoms with Crippen molar-refractivity contribution in [1.82, 2.24) is 0 Å². The number of hydrogen-bond acceptors (Lipinski definition) is 4. The lowest BCUT2D eigenvalue weighted by Gasteiger charge is -2.11. The van der Waals surface area contributed by atoms with Crippen molar-refractivity contribution in [2.75, 3.05) is 18.6 Å². The minimum absolute atomic E-state index is 0.176. The van der Waals surface area contributed by atoms with Crippen molar-refractivity contribution in [3.63, 3.8) is 0 Å². The van der Waals surface area contributed by atoms with Crippen molar-refractivity contribution < 1.29 is 13.7 Å². The molecule has 0 aliphatic rings. The maximum Gasteiger partial charge on any atom is 0.221 e. The average molecular weight is 256 g/mol. The van der Waals surface area contributed by atoms with E-state index < -0.39 is 22.6 Å². The molecule has 2 unspecified atom stereocenters. The molecule has 2 atom stereocenters. The summed E-state index contributed by atoms with van der Waals surface area (Å²) in [6.45, 7) is 1.64. The van der Waals surface area contributed by atoms with E-state index in [2.05, 4.69) is 0 Å². The van der Waals surface area contributed by atoms with Crippen LogP contribution in [0.3, 0.4) is 0 Å². The fraction of sp³-hybridized carbons (Fsp3) is 0.364. The Labute approximate surface area is 103 Å². The van der Waals surface area contributed by atoms with E-state index in [0.29, 0.717) is 16.3 Å². The topological polar surface area (TPSA) is 95.4 Å². The quantitative estimate of drug-likeness (QED) is 0.750. The highest BCUT2D eigenvalue weighted by molar-refractivity contribution is 7.85. The third kappa shape index (κ3) is 3.45. The Bertz CT molecular complexity index is 448. The minimum Gasteiger partial charge on any atom is -0.495 e. The van der Waals surface area contributed by atoms with Crippen LogP contribution in [0.1, 0.15) is 6.92 Å². The van der Waals surface area contributed by atoms with Crippen LogP contribution in [-0.4, -0.2) is 23.0 Å². The number of rotatable bonds is 5. The molecular formula is C11H16N2O3S. The van der Waals surface area contributed by atoms with Crippen LogP contribution in [0.25, 0.3) is 0 Å². The number of carbonyl (C=O) groups excluding carboxylic acids is 1. The minimum atomic E-state index is -1.34. The molecule has 0 aromatic heterocycles. The van der Waals surface area contributed by atoms with Crippen LogP contribution in [0.2, 0.25) is 0 Å². The summed E-state index contributed by atoms with van der Waals surface area (Å²) in [7, 11) is 0.144. The van der Waals surface area contributed by atoms with Gasteiger partial charge in [-0.15, -0.1) is 0 Å². The summed E-state index contributed by atoms with van der Waals surface area (Å²) in [6.07, 6.45) is 0. The molecule has 1 rings (SSSR count). The van der Waals surface area contributed by atoms with Crippen molar-refractivity contribution >= 4 is 22.4 Å². The first-order chi connectivity index (χ1) is 7.95. The van der Waals surface area contributed by atoms with Gasteiger partial charge in [-0.1, -0.05) is 6.92 Å². The SMILES string of the molecule is COc1cc(N)ccc1S(=O)CC(C)C(N)=O. The van der Waals surface area contributed by atoms with E-state index in [4.69, 9.17) is 16.2 Å². The monoisotopic (exact) mass is 256 g/mol. The highest BCUT2D eigenvalue weighted by Gasteiger charge is 2.17. The molecule has 0 saturated carbocycles. The lowest BCUT2D eigenvalue weighted by molar-refractivity contribution is -0.120. The van der Waals surface area contributed by atoms with E-state index >= 15 is 0 Å². The van der Waals surface area contributed by atoms with E-state index in [0.717, 1.165) is 0 Å². The molecule has 0 spiro atoms. The number of anilines is 1. The normalized spacial score (nSPS) is 14.0. The lowest BCUT2D eigenvalue weighted by atomic mass is 10.2. The van der Waals surface area contributed by atoms with Crippen LogP contribution in [-0.2, 0) is 15.6 Å². The molecule has 0 aliphatic heterocycles. The number of benzene rings is 1. The van der Waals surface area contributed by atoms with Gasteiger partial charge in [0.2, 0.25) is 5.91 Å². The summed E-state index contributed by atoms with van der Waals surface area (Å²) in [5.74, 6) is -0.277. The number of primary amides is 1. The summed E-state index contributed by atoms with van der Waals surface area (Å²) >= 11 is 0. The second-order valence-corrected chi connectivity index (χ2v) is 5.19. The Kier molecular flexibility index (Phi) is 4.51. The van der Waals surface area contributed by atoms with Gasteiger partial charge in [-0.2, -0.15) is 0 Å². The number of ether oxygens (including phenoxy) is 1. The Hall–Kier alpha value is -1.56. The van der Waals surface area contributed by atoms with Crippen molar-refractivity contribution in [1.29, 1.82) is 0 Å². The van der Waals surface area contributed by atoms with Crippen LogP contribution in [0, 0.1) is 5.92 Å². The Morgan fingerprint density at radius 1 is 1.53 bits per heavy atom. The summed E-state index contributed by atoms with van der Waals surface area (Å²) in [5.41, 5.74) is 11.3. The van der Waals surface area contributed by atoms with Crippen molar-refractivity contribution in [3.05, 3.63) is 18.2 Å². The van der Waals surface area contributed by atoms with Crippen LogP contribution >= 0.6 is 0 Å². The van der Waals surface area contributed by atoms with Crippen LogP contribution < -0.4 is 16.2 Å². The Morgan fingerprint density at radius 2 is 2.18 bits per heavy atom. The smallest absolute Gasteiger partial charge is 0.221 e. The van der Waals surface area contributed by atoms with Gasteiger partial charge < -0.3 is 16.2 Å². The summed E-state index contributed by atoms with van der Waals surface area (Å²) in [6, 6.07) is 4.88. The van der Waals surface area contributed by atoms with Gasteiger partial charge >= 0.3 is 0 Å². The number of hydrogen-bond donors (Lipinski definition) is 2. The number of amides is 1. The van der Waals surface area contributed by atoms with E-state index in [1.807, 2.05) is 0 Å². The number of carbonyl (C=O) groups is 1. The zero-order chi connectivity index (χ0) is 13.0. The first kappa shape index (κ1) is 13.5. The first-order valence-electron chi connectivity index (χ1n) is 5.07. The molecule has 5 nitrogen and oxygen atoms in total. The van der Waals surface area contributed by atoms with Crippen LogP contribution in [0.5, 0.6) is 5.75 Å². The highest BCUT2D eigenvalue weighted by Crippen LogP contribution is 2.25. The van der Waals surface area contributed by atoms with Gasteiger partial charge in [0.25, 0.3) is 0 Å². The summed E-state index contributed by atoms with van der Waals surface area (Å²) in [5, 5.41) is 0. The zero-order valence-electron chi connectivity index (χ0n) is 9.80.